The van der Waals surface area contributed by atoms with Crippen molar-refractivity contribution in [2.45, 2.75) is 20.1 Å². The van der Waals surface area contributed by atoms with Crippen molar-refractivity contribution < 1.29 is 13.7 Å². The molecule has 8 heteroatoms. The van der Waals surface area contributed by atoms with Gasteiger partial charge in [0.25, 0.3) is 0 Å². The van der Waals surface area contributed by atoms with Gasteiger partial charge in [0.05, 0.1) is 6.54 Å². The van der Waals surface area contributed by atoms with E-state index in [0.29, 0.717) is 10.8 Å². The average Bonchev–Trinajstić information content (AvgIpc) is 3.05. The van der Waals surface area contributed by atoms with Crippen LogP contribution in [0.15, 0.2) is 74.8 Å². The van der Waals surface area contributed by atoms with Gasteiger partial charge < -0.3 is 9.26 Å². The molecule has 0 radical (unpaired) electrons. The van der Waals surface area contributed by atoms with Crippen LogP contribution in [0.2, 0.25) is 5.02 Å². The van der Waals surface area contributed by atoms with Crippen molar-refractivity contribution in [1.82, 2.24) is 9.72 Å². The molecule has 31 heavy (non-hydrogen) atoms. The molecule has 0 atom stereocenters. The van der Waals surface area contributed by atoms with Crippen LogP contribution in [0.4, 0.5) is 4.39 Å². The molecule has 0 unspecified atom stereocenters. The van der Waals surface area contributed by atoms with Crippen molar-refractivity contribution in [3.05, 3.63) is 109 Å². The third kappa shape index (κ3) is 4.78. The van der Waals surface area contributed by atoms with Gasteiger partial charge in [-0.05, 0) is 53.4 Å². The van der Waals surface area contributed by atoms with Crippen molar-refractivity contribution in [2.24, 2.45) is 0 Å². The smallest absolute Gasteiger partial charge is 0.440 e. The fourth-order valence-electron chi connectivity index (χ4n) is 3.27. The topological polar surface area (TPSA) is 77.2 Å². The van der Waals surface area contributed by atoms with E-state index >= 15 is 0 Å². The van der Waals surface area contributed by atoms with Crippen molar-refractivity contribution in [2.75, 3.05) is 0 Å². The molecular formula is C23H18ClFN2O4. The van der Waals surface area contributed by atoms with Gasteiger partial charge in [0.15, 0.2) is 0 Å². The summed E-state index contributed by atoms with van der Waals surface area (Å²) >= 11 is 6.04. The molecular weight excluding hydrogens is 423 g/mol. The zero-order chi connectivity index (χ0) is 22.0. The van der Waals surface area contributed by atoms with Gasteiger partial charge >= 0.3 is 11.4 Å². The number of hydrogen-bond acceptors (Lipinski definition) is 4. The molecule has 3 aromatic carbocycles. The summed E-state index contributed by atoms with van der Waals surface area (Å²) in [6, 6.07) is 18.0. The largest absolute Gasteiger partial charge is 0.489 e. The van der Waals surface area contributed by atoms with Crippen LogP contribution in [0.25, 0.3) is 11.1 Å². The number of hydrogen-bond donors (Lipinski definition) is 1. The number of rotatable bonds is 6. The maximum Gasteiger partial charge on any atom is 0.440 e. The lowest BCUT2D eigenvalue weighted by molar-refractivity contribution is 0.255. The van der Waals surface area contributed by atoms with Crippen LogP contribution in [0.5, 0.6) is 5.75 Å². The Hall–Kier alpha value is -3.58. The summed E-state index contributed by atoms with van der Waals surface area (Å²) in [7, 11) is 0. The Labute approximate surface area is 181 Å². The maximum atomic E-state index is 14.4. The first kappa shape index (κ1) is 20.7. The van der Waals surface area contributed by atoms with Crippen molar-refractivity contribution in [3.8, 4) is 16.9 Å². The highest BCUT2D eigenvalue weighted by molar-refractivity contribution is 6.30. The molecule has 0 aliphatic rings. The average molecular weight is 441 g/mol. The normalized spacial score (nSPS) is 10.9. The lowest BCUT2D eigenvalue weighted by Crippen LogP contribution is -2.17. The van der Waals surface area contributed by atoms with Crippen LogP contribution in [0.1, 0.15) is 16.7 Å². The summed E-state index contributed by atoms with van der Waals surface area (Å²) < 4.78 is 25.6. The van der Waals surface area contributed by atoms with E-state index < -0.39 is 17.3 Å². The van der Waals surface area contributed by atoms with E-state index in [1.54, 1.807) is 6.07 Å². The summed E-state index contributed by atoms with van der Waals surface area (Å²) in [6.07, 6.45) is 0. The fraction of sp³-hybridized carbons (Fsp3) is 0.130. The highest BCUT2D eigenvalue weighted by atomic mass is 35.5. The molecule has 1 aromatic heterocycles. The molecule has 0 spiro atoms. The molecule has 6 nitrogen and oxygen atoms in total. The second kappa shape index (κ2) is 8.65. The van der Waals surface area contributed by atoms with Crippen LogP contribution >= 0.6 is 11.6 Å². The summed E-state index contributed by atoms with van der Waals surface area (Å²) in [5, 5.41) is 0.690. The van der Waals surface area contributed by atoms with Crippen LogP contribution in [0.3, 0.4) is 0 Å². The predicted octanol–water partition coefficient (Wildman–Crippen LogP) is 4.52. The van der Waals surface area contributed by atoms with E-state index in [1.807, 2.05) is 54.4 Å². The summed E-state index contributed by atoms with van der Waals surface area (Å²) in [5.41, 5.74) is 3.57. The molecule has 4 aromatic rings. The molecule has 0 aliphatic carbocycles. The minimum atomic E-state index is -0.888. The molecule has 1 N–H and O–H groups in total. The van der Waals surface area contributed by atoms with Crippen LogP contribution < -0.4 is 16.2 Å². The molecule has 0 aliphatic heterocycles. The molecule has 158 valence electrons. The van der Waals surface area contributed by atoms with Gasteiger partial charge in [0, 0.05) is 16.7 Å². The minimum absolute atomic E-state index is 0.192. The Balaban J connectivity index is 1.47. The molecule has 0 fully saturated rings. The van der Waals surface area contributed by atoms with E-state index in [2.05, 4.69) is 4.52 Å². The number of benzene rings is 3. The number of H-pyrrole nitrogens is 1. The maximum absolute atomic E-state index is 14.4. The SMILES string of the molecule is Cc1cc(Cl)ccc1-c1cccc(COc2ccc(Cn3oc(=O)[nH]c3=O)c(F)c2)c1. The highest BCUT2D eigenvalue weighted by Gasteiger charge is 2.10. The number of aromatic nitrogens is 2. The molecule has 1 heterocycles. The van der Waals surface area contributed by atoms with E-state index in [9.17, 15) is 14.0 Å². The van der Waals surface area contributed by atoms with Gasteiger partial charge in [-0.2, -0.15) is 0 Å². The molecule has 0 bridgehead atoms. The second-order valence-corrected chi connectivity index (χ2v) is 7.48. The van der Waals surface area contributed by atoms with E-state index in [-0.39, 0.29) is 18.7 Å². The third-order valence-electron chi connectivity index (χ3n) is 4.80. The fourth-order valence-corrected chi connectivity index (χ4v) is 3.49. The summed E-state index contributed by atoms with van der Waals surface area (Å²) in [5.74, 6) is -1.11. The van der Waals surface area contributed by atoms with E-state index in [0.717, 1.165) is 27.0 Å². The van der Waals surface area contributed by atoms with Gasteiger partial charge in [-0.25, -0.2) is 19.0 Å². The Morgan fingerprint density at radius 2 is 1.94 bits per heavy atom. The van der Waals surface area contributed by atoms with Crippen molar-refractivity contribution in [3.63, 3.8) is 0 Å². The standard InChI is InChI=1S/C23H18ClFN2O4/c1-14-9-18(24)6-8-20(14)16-4-2-3-15(10-16)13-30-19-7-5-17(21(25)11-19)12-27-22(28)26-23(29)31-27/h2-11H,12-13H2,1H3,(H,26,28,29). The third-order valence-corrected chi connectivity index (χ3v) is 5.03. The lowest BCUT2D eigenvalue weighted by atomic mass is 9.99. The molecule has 4 rings (SSSR count). The Bertz CT molecular complexity index is 1360. The molecule has 0 saturated heterocycles. The van der Waals surface area contributed by atoms with E-state index in [1.165, 1.54) is 12.1 Å². The predicted molar refractivity (Wildman–Crippen MR) is 115 cm³/mol. The van der Waals surface area contributed by atoms with Gasteiger partial charge in [0.1, 0.15) is 18.2 Å². The monoisotopic (exact) mass is 440 g/mol. The zero-order valence-corrected chi connectivity index (χ0v) is 17.3. The van der Waals surface area contributed by atoms with Crippen molar-refractivity contribution in [1.29, 1.82) is 0 Å². The van der Waals surface area contributed by atoms with Crippen LogP contribution in [0, 0.1) is 12.7 Å². The molecule has 0 amide bonds. The quantitative estimate of drug-likeness (QED) is 0.478. The van der Waals surface area contributed by atoms with E-state index in [4.69, 9.17) is 16.3 Å². The van der Waals surface area contributed by atoms with Gasteiger partial charge in [-0.3, -0.25) is 0 Å². The number of nitrogens with zero attached hydrogens (tertiary/aromatic N) is 1. The second-order valence-electron chi connectivity index (χ2n) is 7.05. The number of aromatic amines is 1. The summed E-state index contributed by atoms with van der Waals surface area (Å²) in [4.78, 5) is 24.5. The summed E-state index contributed by atoms with van der Waals surface area (Å²) in [6.45, 7) is 2.05. The Kier molecular flexibility index (Phi) is 5.77. The lowest BCUT2D eigenvalue weighted by Gasteiger charge is -2.11. The first-order valence-corrected chi connectivity index (χ1v) is 9.84. The zero-order valence-electron chi connectivity index (χ0n) is 16.5. The first-order valence-electron chi connectivity index (χ1n) is 9.46. The minimum Gasteiger partial charge on any atom is -0.489 e. The first-order chi connectivity index (χ1) is 14.9. The van der Waals surface area contributed by atoms with Gasteiger partial charge in [0.2, 0.25) is 0 Å². The Morgan fingerprint density at radius 3 is 2.65 bits per heavy atom. The number of halogens is 2. The van der Waals surface area contributed by atoms with Crippen LogP contribution in [-0.4, -0.2) is 9.72 Å². The highest BCUT2D eigenvalue weighted by Crippen LogP contribution is 2.27. The number of nitrogens with one attached hydrogen (secondary N) is 1. The van der Waals surface area contributed by atoms with Gasteiger partial charge in [-0.15, -0.1) is 4.74 Å². The van der Waals surface area contributed by atoms with Crippen molar-refractivity contribution >= 4 is 11.6 Å². The van der Waals surface area contributed by atoms with Gasteiger partial charge in [-0.1, -0.05) is 41.9 Å². The number of aryl methyl sites for hydroxylation is 1. The Morgan fingerprint density at radius 1 is 1.10 bits per heavy atom. The number of ether oxygens (including phenoxy) is 1. The molecule has 0 saturated carbocycles. The van der Waals surface area contributed by atoms with Crippen LogP contribution in [-0.2, 0) is 13.2 Å².